The number of halogens is 3. The van der Waals surface area contributed by atoms with Crippen LogP contribution in [0.15, 0.2) is 0 Å². The fourth-order valence-corrected chi connectivity index (χ4v) is 1.38. The first-order valence-electron chi connectivity index (χ1n) is 4.51. The summed E-state index contributed by atoms with van der Waals surface area (Å²) in [5, 5.41) is 1.06. The van der Waals surface area contributed by atoms with Crippen LogP contribution >= 0.6 is 0 Å². The van der Waals surface area contributed by atoms with Crippen molar-refractivity contribution in [2.45, 2.75) is 18.6 Å². The van der Waals surface area contributed by atoms with Crippen LogP contribution in [-0.4, -0.2) is 55.3 Å². The van der Waals surface area contributed by atoms with Crippen LogP contribution < -0.4 is 0 Å². The highest BCUT2D eigenvalue weighted by Crippen LogP contribution is 2.20. The highest BCUT2D eigenvalue weighted by atomic mass is 19.4. The standard InChI is InChI=1S/C8H13F3N2O2/c1-12(2)6-3-4-13(5-6)15-7(14)8(9,10)11/h6H,3-5H2,1-2H3/t6-/m1/s1. The average Bonchev–Trinajstić information content (AvgIpc) is 2.50. The van der Waals surface area contributed by atoms with Gasteiger partial charge in [0, 0.05) is 12.6 Å². The first-order valence-corrected chi connectivity index (χ1v) is 4.51. The minimum absolute atomic E-state index is 0.131. The maximum absolute atomic E-state index is 11.8. The molecule has 7 heteroatoms. The first-order chi connectivity index (χ1) is 6.80. The highest BCUT2D eigenvalue weighted by molar-refractivity contribution is 5.75. The van der Waals surface area contributed by atoms with Gasteiger partial charge in [0.1, 0.15) is 0 Å². The van der Waals surface area contributed by atoms with Gasteiger partial charge in [-0.2, -0.15) is 13.2 Å². The van der Waals surface area contributed by atoms with E-state index in [1.807, 2.05) is 19.0 Å². The van der Waals surface area contributed by atoms with E-state index in [2.05, 4.69) is 4.84 Å². The summed E-state index contributed by atoms with van der Waals surface area (Å²) in [5.41, 5.74) is 0. The molecule has 1 atom stereocenters. The van der Waals surface area contributed by atoms with E-state index in [4.69, 9.17) is 0 Å². The fraction of sp³-hybridized carbons (Fsp3) is 0.875. The van der Waals surface area contributed by atoms with Crippen molar-refractivity contribution < 1.29 is 22.8 Å². The first kappa shape index (κ1) is 12.3. The second kappa shape index (κ2) is 4.36. The van der Waals surface area contributed by atoms with E-state index < -0.39 is 12.1 Å². The van der Waals surface area contributed by atoms with Gasteiger partial charge in [-0.1, -0.05) is 0 Å². The Balaban J connectivity index is 2.40. The van der Waals surface area contributed by atoms with Crippen LogP contribution in [0.3, 0.4) is 0 Å². The third kappa shape index (κ3) is 3.35. The van der Waals surface area contributed by atoms with Gasteiger partial charge in [-0.25, -0.2) is 4.79 Å². The van der Waals surface area contributed by atoms with Crippen LogP contribution in [0.25, 0.3) is 0 Å². The molecular formula is C8H13F3N2O2. The molecule has 0 N–H and O–H groups in total. The van der Waals surface area contributed by atoms with Gasteiger partial charge in [0.15, 0.2) is 0 Å². The molecule has 1 aliphatic heterocycles. The number of nitrogens with zero attached hydrogens (tertiary/aromatic N) is 2. The molecule has 15 heavy (non-hydrogen) atoms. The van der Waals surface area contributed by atoms with Crippen LogP contribution in [0.2, 0.25) is 0 Å². The molecule has 1 aliphatic rings. The van der Waals surface area contributed by atoms with E-state index in [-0.39, 0.29) is 6.04 Å². The van der Waals surface area contributed by atoms with Crippen LogP contribution in [0.4, 0.5) is 13.2 Å². The molecule has 0 aromatic rings. The van der Waals surface area contributed by atoms with Gasteiger partial charge in [-0.05, 0) is 20.5 Å². The van der Waals surface area contributed by atoms with E-state index in [0.717, 1.165) is 5.06 Å². The minimum atomic E-state index is -4.92. The Morgan fingerprint density at radius 3 is 2.47 bits per heavy atom. The fourth-order valence-electron chi connectivity index (χ4n) is 1.38. The van der Waals surface area contributed by atoms with Crippen molar-refractivity contribution in [1.29, 1.82) is 0 Å². The second-order valence-corrected chi connectivity index (χ2v) is 3.67. The van der Waals surface area contributed by atoms with E-state index in [1.54, 1.807) is 0 Å². The summed E-state index contributed by atoms with van der Waals surface area (Å²) < 4.78 is 35.5. The van der Waals surface area contributed by atoms with Crippen LogP contribution in [0.1, 0.15) is 6.42 Å². The lowest BCUT2D eigenvalue weighted by Gasteiger charge is -2.19. The predicted octanol–water partition coefficient (Wildman–Crippen LogP) is 0.643. The smallest absolute Gasteiger partial charge is 0.361 e. The molecule has 1 fully saturated rings. The molecule has 0 spiro atoms. The topological polar surface area (TPSA) is 32.8 Å². The van der Waals surface area contributed by atoms with E-state index in [9.17, 15) is 18.0 Å². The summed E-state index contributed by atoms with van der Waals surface area (Å²) in [6.45, 7) is 0.652. The Hall–Kier alpha value is -0.820. The summed E-state index contributed by atoms with van der Waals surface area (Å²) in [6, 6.07) is 0.131. The molecule has 0 bridgehead atoms. The van der Waals surface area contributed by atoms with Crippen molar-refractivity contribution in [2.75, 3.05) is 27.2 Å². The highest BCUT2D eigenvalue weighted by Gasteiger charge is 2.43. The van der Waals surface area contributed by atoms with Gasteiger partial charge in [0.2, 0.25) is 0 Å². The summed E-state index contributed by atoms with van der Waals surface area (Å²) in [4.78, 5) is 16.6. The molecule has 0 saturated carbocycles. The number of alkyl halides is 3. The predicted molar refractivity (Wildman–Crippen MR) is 45.8 cm³/mol. The van der Waals surface area contributed by atoms with Crippen LogP contribution in [-0.2, 0) is 9.63 Å². The van der Waals surface area contributed by atoms with Crippen LogP contribution in [0.5, 0.6) is 0 Å². The number of likely N-dealkylation sites (N-methyl/N-ethyl adjacent to an activating group) is 1. The maximum atomic E-state index is 11.8. The van der Waals surface area contributed by atoms with Gasteiger partial charge >= 0.3 is 12.1 Å². The molecule has 0 aromatic carbocycles. The van der Waals surface area contributed by atoms with Crippen molar-refractivity contribution in [3.05, 3.63) is 0 Å². The molecular weight excluding hydrogens is 213 g/mol. The number of carbonyl (C=O) groups is 1. The lowest BCUT2D eigenvalue weighted by atomic mass is 10.2. The second-order valence-electron chi connectivity index (χ2n) is 3.67. The van der Waals surface area contributed by atoms with Gasteiger partial charge in [0.25, 0.3) is 0 Å². The largest absolute Gasteiger partial charge is 0.492 e. The maximum Gasteiger partial charge on any atom is 0.492 e. The number of hydrogen-bond donors (Lipinski definition) is 0. The summed E-state index contributed by atoms with van der Waals surface area (Å²) in [5.74, 6) is -2.15. The van der Waals surface area contributed by atoms with Crippen molar-refractivity contribution in [1.82, 2.24) is 9.96 Å². The third-order valence-electron chi connectivity index (χ3n) is 2.30. The minimum Gasteiger partial charge on any atom is -0.361 e. The summed E-state index contributed by atoms with van der Waals surface area (Å²) in [7, 11) is 3.67. The third-order valence-corrected chi connectivity index (χ3v) is 2.30. The van der Waals surface area contributed by atoms with Gasteiger partial charge < -0.3 is 9.74 Å². The molecule has 0 aromatic heterocycles. The van der Waals surface area contributed by atoms with E-state index in [0.29, 0.717) is 19.5 Å². The molecule has 0 aliphatic carbocycles. The number of carbonyl (C=O) groups excluding carboxylic acids is 1. The van der Waals surface area contributed by atoms with Crippen LogP contribution in [0, 0.1) is 0 Å². The average molecular weight is 226 g/mol. The molecule has 1 rings (SSSR count). The summed E-state index contributed by atoms with van der Waals surface area (Å²) in [6.07, 6.45) is -4.23. The summed E-state index contributed by atoms with van der Waals surface area (Å²) >= 11 is 0. The molecule has 0 amide bonds. The van der Waals surface area contributed by atoms with Crippen molar-refractivity contribution >= 4 is 5.97 Å². The SMILES string of the molecule is CN(C)[C@@H]1CCN(OC(=O)C(F)(F)F)C1. The lowest BCUT2D eigenvalue weighted by Crippen LogP contribution is -2.36. The Kier molecular flexibility index (Phi) is 3.56. The molecule has 0 unspecified atom stereocenters. The number of hydrogen-bond acceptors (Lipinski definition) is 4. The van der Waals surface area contributed by atoms with E-state index >= 15 is 0 Å². The van der Waals surface area contributed by atoms with Gasteiger partial charge in [0.05, 0.1) is 6.54 Å². The van der Waals surface area contributed by atoms with Crippen molar-refractivity contribution in [2.24, 2.45) is 0 Å². The van der Waals surface area contributed by atoms with Crippen molar-refractivity contribution in [3.8, 4) is 0 Å². The Morgan fingerprint density at radius 1 is 1.47 bits per heavy atom. The molecule has 1 saturated heterocycles. The molecule has 0 radical (unpaired) electrons. The van der Waals surface area contributed by atoms with E-state index in [1.165, 1.54) is 0 Å². The number of rotatable bonds is 2. The molecule has 88 valence electrons. The lowest BCUT2D eigenvalue weighted by molar-refractivity contribution is -0.235. The Labute approximate surface area is 85.5 Å². The quantitative estimate of drug-likeness (QED) is 0.692. The normalized spacial score (nSPS) is 23.5. The zero-order valence-corrected chi connectivity index (χ0v) is 8.54. The zero-order valence-electron chi connectivity index (χ0n) is 8.54. The molecule has 1 heterocycles. The van der Waals surface area contributed by atoms with Gasteiger partial charge in [-0.3, -0.25) is 0 Å². The monoisotopic (exact) mass is 226 g/mol. The Bertz CT molecular complexity index is 243. The van der Waals surface area contributed by atoms with Gasteiger partial charge in [-0.15, -0.1) is 5.06 Å². The number of hydroxylamine groups is 2. The zero-order chi connectivity index (χ0) is 11.6. The molecule has 4 nitrogen and oxygen atoms in total. The Morgan fingerprint density at radius 2 is 2.07 bits per heavy atom. The van der Waals surface area contributed by atoms with Crippen molar-refractivity contribution in [3.63, 3.8) is 0 Å².